The predicted octanol–water partition coefficient (Wildman–Crippen LogP) is 13.2. The van der Waals surface area contributed by atoms with Crippen LogP contribution in [-0.4, -0.2) is 4.98 Å². The number of benzene rings is 4. The van der Waals surface area contributed by atoms with Crippen molar-refractivity contribution in [2.45, 2.75) is 118 Å². The molecule has 0 atom stereocenters. The third-order valence-electron chi connectivity index (χ3n) is 11.2. The number of aromatic nitrogens is 1. The largest absolute Gasteiger partial charge is 0.358 e. The van der Waals surface area contributed by atoms with Crippen LogP contribution >= 0.6 is 0 Å². The van der Waals surface area contributed by atoms with Gasteiger partial charge in [0.25, 0.3) is 0 Å². The zero-order chi connectivity index (χ0) is 33.7. The first-order chi connectivity index (χ1) is 21.7. The molecule has 1 heterocycles. The first-order valence-corrected chi connectivity index (χ1v) is 17.7. The van der Waals surface area contributed by atoms with Crippen molar-refractivity contribution in [2.75, 3.05) is 0 Å². The molecule has 0 spiro atoms. The second-order valence-corrected chi connectivity index (χ2v) is 18.8. The molecule has 3 aliphatic rings. The summed E-state index contributed by atoms with van der Waals surface area (Å²) in [5.41, 5.74) is 21.2. The molecule has 0 saturated heterocycles. The number of aryl methyl sites for hydroxylation is 1. The molecule has 0 aliphatic heterocycles. The Balaban J connectivity index is 1.44. The number of rotatable bonds is 1. The van der Waals surface area contributed by atoms with Crippen molar-refractivity contribution in [3.63, 3.8) is 0 Å². The van der Waals surface area contributed by atoms with Gasteiger partial charge >= 0.3 is 0 Å². The summed E-state index contributed by atoms with van der Waals surface area (Å²) in [5, 5.41) is 5.61. The van der Waals surface area contributed by atoms with Gasteiger partial charge in [-0.1, -0.05) is 113 Å². The number of hydrogen-bond donors (Lipinski definition) is 1. The molecule has 0 fully saturated rings. The maximum Gasteiger partial charge on any atom is 0.0511 e. The standard InChI is InChI=1S/C46H51N/c1-24-37-34-21-28(44(5,6)7)18-26-19-30(46(11,12)13)23-36(39(26)34)41(37)42(47-24)32-15-14-31-33-20-27(43(2,3)4)16-25-17-29(45(8,9)10)22-35(38(25)33)40(31)32/h14,16-23,47H,15H2,1-13H3. The molecule has 3 aliphatic carbocycles. The van der Waals surface area contributed by atoms with E-state index in [1.807, 2.05) is 0 Å². The van der Waals surface area contributed by atoms with Crippen LogP contribution in [0.4, 0.5) is 0 Å². The third kappa shape index (κ3) is 4.34. The lowest BCUT2D eigenvalue weighted by molar-refractivity contribution is 0.589. The normalized spacial score (nSPS) is 15.7. The van der Waals surface area contributed by atoms with E-state index < -0.39 is 0 Å². The van der Waals surface area contributed by atoms with Crippen molar-refractivity contribution >= 4 is 38.3 Å². The van der Waals surface area contributed by atoms with E-state index in [-0.39, 0.29) is 21.7 Å². The molecule has 4 aromatic carbocycles. The summed E-state index contributed by atoms with van der Waals surface area (Å²) in [4.78, 5) is 4.02. The van der Waals surface area contributed by atoms with Gasteiger partial charge in [-0.3, -0.25) is 0 Å². The van der Waals surface area contributed by atoms with E-state index in [1.54, 1.807) is 0 Å². The molecule has 8 rings (SSSR count). The first kappa shape index (κ1) is 30.5. The second-order valence-electron chi connectivity index (χ2n) is 18.8. The van der Waals surface area contributed by atoms with E-state index in [9.17, 15) is 0 Å². The molecule has 240 valence electrons. The summed E-state index contributed by atoms with van der Waals surface area (Å²) in [5.74, 6) is 0. The average molecular weight is 618 g/mol. The summed E-state index contributed by atoms with van der Waals surface area (Å²) in [6.45, 7) is 30.4. The van der Waals surface area contributed by atoms with Gasteiger partial charge in [0.15, 0.2) is 0 Å². The Morgan fingerprint density at radius 3 is 1.36 bits per heavy atom. The molecule has 1 heteroatoms. The summed E-state index contributed by atoms with van der Waals surface area (Å²) in [7, 11) is 0. The van der Waals surface area contributed by atoms with E-state index in [1.165, 1.54) is 105 Å². The van der Waals surface area contributed by atoms with Crippen LogP contribution in [0.3, 0.4) is 0 Å². The van der Waals surface area contributed by atoms with Crippen LogP contribution in [0.25, 0.3) is 60.5 Å². The Morgan fingerprint density at radius 1 is 0.489 bits per heavy atom. The topological polar surface area (TPSA) is 15.8 Å². The Bertz CT molecular complexity index is 2270. The van der Waals surface area contributed by atoms with Crippen molar-refractivity contribution < 1.29 is 0 Å². The molecule has 47 heavy (non-hydrogen) atoms. The second kappa shape index (κ2) is 9.19. The van der Waals surface area contributed by atoms with Crippen LogP contribution in [-0.2, 0) is 21.7 Å². The number of hydrogen-bond acceptors (Lipinski definition) is 0. The van der Waals surface area contributed by atoms with Crippen LogP contribution in [0.5, 0.6) is 0 Å². The quantitative estimate of drug-likeness (QED) is 0.189. The van der Waals surface area contributed by atoms with Crippen LogP contribution in [0.1, 0.15) is 134 Å². The lowest BCUT2D eigenvalue weighted by Gasteiger charge is -2.24. The number of fused-ring (bicyclic) bond motifs is 6. The summed E-state index contributed by atoms with van der Waals surface area (Å²) in [6.07, 6.45) is 3.47. The van der Waals surface area contributed by atoms with Gasteiger partial charge < -0.3 is 4.98 Å². The SMILES string of the molecule is Cc1[nH]c(C2=C3C(=CC2)c2cc(C(C)(C)C)cc4cc(C(C)(C)C)cc3c24)c2c1-c1cc(C(C)(C)C)cc3cc(C(C)(C)C)cc-2c13. The minimum absolute atomic E-state index is 0.0533. The summed E-state index contributed by atoms with van der Waals surface area (Å²) in [6, 6.07) is 19.9. The van der Waals surface area contributed by atoms with Gasteiger partial charge in [0.2, 0.25) is 0 Å². The Hall–Kier alpha value is -3.84. The fourth-order valence-corrected chi connectivity index (χ4v) is 8.38. The summed E-state index contributed by atoms with van der Waals surface area (Å²) >= 11 is 0. The van der Waals surface area contributed by atoms with E-state index in [2.05, 4.69) is 150 Å². The van der Waals surface area contributed by atoms with Gasteiger partial charge in [-0.05, 0) is 142 Å². The minimum atomic E-state index is 0.0533. The highest BCUT2D eigenvalue weighted by Gasteiger charge is 2.37. The minimum Gasteiger partial charge on any atom is -0.358 e. The maximum absolute atomic E-state index is 4.02. The molecule has 1 aromatic heterocycles. The smallest absolute Gasteiger partial charge is 0.0511 e. The van der Waals surface area contributed by atoms with Gasteiger partial charge in [-0.25, -0.2) is 0 Å². The fraction of sp³-hybridized carbons (Fsp3) is 0.391. The van der Waals surface area contributed by atoms with Crippen LogP contribution in [0, 0.1) is 6.92 Å². The Kier molecular flexibility index (Phi) is 5.96. The molecule has 0 saturated carbocycles. The van der Waals surface area contributed by atoms with Gasteiger partial charge in [0.1, 0.15) is 0 Å². The van der Waals surface area contributed by atoms with Crippen LogP contribution in [0.15, 0.2) is 54.6 Å². The highest BCUT2D eigenvalue weighted by Crippen LogP contribution is 2.59. The Morgan fingerprint density at radius 2 is 0.894 bits per heavy atom. The van der Waals surface area contributed by atoms with Gasteiger partial charge in [-0.2, -0.15) is 0 Å². The van der Waals surface area contributed by atoms with E-state index in [0.717, 1.165) is 6.42 Å². The zero-order valence-electron chi connectivity index (χ0n) is 30.9. The van der Waals surface area contributed by atoms with Gasteiger partial charge in [0.05, 0.1) is 5.69 Å². The molecular weight excluding hydrogens is 567 g/mol. The molecule has 1 N–H and O–H groups in total. The van der Waals surface area contributed by atoms with Crippen LogP contribution < -0.4 is 0 Å². The summed E-state index contributed by atoms with van der Waals surface area (Å²) < 4.78 is 0. The molecule has 0 bridgehead atoms. The zero-order valence-corrected chi connectivity index (χ0v) is 30.9. The molecule has 0 radical (unpaired) electrons. The van der Waals surface area contributed by atoms with Crippen molar-refractivity contribution in [2.24, 2.45) is 0 Å². The fourth-order valence-electron chi connectivity index (χ4n) is 8.38. The lowest BCUT2D eigenvalue weighted by atomic mass is 9.81. The number of aromatic amines is 1. The monoisotopic (exact) mass is 617 g/mol. The molecule has 1 nitrogen and oxygen atoms in total. The van der Waals surface area contributed by atoms with E-state index >= 15 is 0 Å². The Labute approximate surface area is 282 Å². The molecule has 5 aromatic rings. The van der Waals surface area contributed by atoms with Crippen molar-refractivity contribution in [3.8, 4) is 22.3 Å². The maximum atomic E-state index is 4.02. The average Bonchev–Trinajstić information content (AvgIpc) is 3.69. The predicted molar refractivity (Wildman–Crippen MR) is 206 cm³/mol. The van der Waals surface area contributed by atoms with Gasteiger partial charge in [0, 0.05) is 16.8 Å². The molecule has 0 amide bonds. The lowest BCUT2D eigenvalue weighted by Crippen LogP contribution is -2.13. The first-order valence-electron chi connectivity index (χ1n) is 17.7. The van der Waals surface area contributed by atoms with Crippen molar-refractivity contribution in [1.82, 2.24) is 4.98 Å². The number of allylic oxidation sites excluding steroid dienone is 4. The number of nitrogens with one attached hydrogen (secondary N) is 1. The highest BCUT2D eigenvalue weighted by atomic mass is 14.8. The van der Waals surface area contributed by atoms with Crippen LogP contribution in [0.2, 0.25) is 0 Å². The van der Waals surface area contributed by atoms with Gasteiger partial charge in [-0.15, -0.1) is 0 Å². The molecular formula is C46H51N. The number of H-pyrrole nitrogens is 1. The highest BCUT2D eigenvalue weighted by molar-refractivity contribution is 6.31. The van der Waals surface area contributed by atoms with E-state index in [4.69, 9.17) is 0 Å². The third-order valence-corrected chi connectivity index (χ3v) is 11.2. The van der Waals surface area contributed by atoms with Crippen molar-refractivity contribution in [3.05, 3.63) is 99.4 Å². The van der Waals surface area contributed by atoms with Crippen molar-refractivity contribution in [1.29, 1.82) is 0 Å². The molecule has 0 unspecified atom stereocenters. The van der Waals surface area contributed by atoms with E-state index in [0.29, 0.717) is 0 Å².